The number of rotatable bonds is 6. The number of hydrogen-bond donors (Lipinski definition) is 2. The highest BCUT2D eigenvalue weighted by atomic mass is 16.4. The maximum atomic E-state index is 12.6. The number of hydrogen-bond acceptors (Lipinski definition) is 4. The van der Waals surface area contributed by atoms with Crippen LogP contribution in [0.1, 0.15) is 22.7 Å². The molecule has 24 heavy (non-hydrogen) atoms. The largest absolute Gasteiger partial charge is 0.465 e. The molecule has 1 amide bonds. The molecule has 3 aromatic rings. The van der Waals surface area contributed by atoms with E-state index in [1.807, 2.05) is 30.3 Å². The first kappa shape index (κ1) is 15.7. The van der Waals surface area contributed by atoms with Crippen molar-refractivity contribution in [2.24, 2.45) is 0 Å². The third-order valence-corrected chi connectivity index (χ3v) is 3.68. The minimum atomic E-state index is -1.25. The summed E-state index contributed by atoms with van der Waals surface area (Å²) in [4.78, 5) is 27.8. The van der Waals surface area contributed by atoms with Crippen molar-refractivity contribution < 1.29 is 19.1 Å². The average Bonchev–Trinajstić information content (AvgIpc) is 3.02. The fourth-order valence-corrected chi connectivity index (χ4v) is 2.50. The van der Waals surface area contributed by atoms with Crippen LogP contribution in [0.3, 0.4) is 0 Å². The van der Waals surface area contributed by atoms with Crippen LogP contribution >= 0.6 is 0 Å². The second-order valence-electron chi connectivity index (χ2n) is 5.38. The maximum Gasteiger partial charge on any atom is 0.405 e. The van der Waals surface area contributed by atoms with Crippen molar-refractivity contribution in [3.63, 3.8) is 0 Å². The number of nitrogens with zero attached hydrogens (tertiary/aromatic N) is 1. The lowest BCUT2D eigenvalue weighted by molar-refractivity contribution is 0.0899. The van der Waals surface area contributed by atoms with E-state index in [1.54, 1.807) is 24.3 Å². The van der Waals surface area contributed by atoms with Crippen molar-refractivity contribution in [3.8, 4) is 0 Å². The van der Waals surface area contributed by atoms with Gasteiger partial charge in [0.25, 0.3) is 5.89 Å². The molecule has 0 saturated carbocycles. The van der Waals surface area contributed by atoms with Gasteiger partial charge in [0.05, 0.1) is 0 Å². The summed E-state index contributed by atoms with van der Waals surface area (Å²) in [6.45, 7) is 0. The zero-order valence-electron chi connectivity index (χ0n) is 12.8. The Morgan fingerprint density at radius 3 is 2.50 bits per heavy atom. The monoisotopic (exact) mass is 324 g/mol. The van der Waals surface area contributed by atoms with Crippen LogP contribution in [0.5, 0.6) is 0 Å². The third-order valence-electron chi connectivity index (χ3n) is 3.68. The summed E-state index contributed by atoms with van der Waals surface area (Å²) >= 11 is 0. The van der Waals surface area contributed by atoms with Crippen LogP contribution in [0, 0.1) is 0 Å². The molecule has 0 saturated heterocycles. The minimum absolute atomic E-state index is 0.0805. The van der Waals surface area contributed by atoms with Crippen LogP contribution in [0.15, 0.2) is 59.0 Å². The summed E-state index contributed by atoms with van der Waals surface area (Å²) < 4.78 is 5.45. The number of aromatic nitrogens is 1. The van der Waals surface area contributed by atoms with Gasteiger partial charge in [0.1, 0.15) is 11.6 Å². The topological polar surface area (TPSA) is 92.4 Å². The van der Waals surface area contributed by atoms with Gasteiger partial charge in [0.2, 0.25) is 5.78 Å². The summed E-state index contributed by atoms with van der Waals surface area (Å²) in [6, 6.07) is 15.7. The van der Waals surface area contributed by atoms with Crippen molar-refractivity contribution in [1.82, 2.24) is 10.3 Å². The summed E-state index contributed by atoms with van der Waals surface area (Å²) in [5.74, 6) is -0.549. The molecule has 0 aliphatic rings. The predicted molar refractivity (Wildman–Crippen MR) is 88.1 cm³/mol. The molecule has 0 bridgehead atoms. The van der Waals surface area contributed by atoms with E-state index in [2.05, 4.69) is 10.3 Å². The zero-order chi connectivity index (χ0) is 16.9. The Balaban J connectivity index is 1.79. The SMILES string of the molecule is O=C(O)NC(CCc1ccccc1)C(=O)c1nc2ccccc2o1. The molecule has 1 atom stereocenters. The minimum Gasteiger partial charge on any atom is -0.465 e. The van der Waals surface area contributed by atoms with Crippen LogP contribution in [0.2, 0.25) is 0 Å². The maximum absolute atomic E-state index is 12.6. The Labute approximate surface area is 138 Å². The van der Waals surface area contributed by atoms with Crippen LogP contribution in [-0.2, 0) is 6.42 Å². The van der Waals surface area contributed by atoms with E-state index in [1.165, 1.54) is 0 Å². The van der Waals surface area contributed by atoms with Gasteiger partial charge >= 0.3 is 6.09 Å². The summed E-state index contributed by atoms with van der Waals surface area (Å²) in [5, 5.41) is 11.3. The Hall–Kier alpha value is -3.15. The van der Waals surface area contributed by atoms with Crippen molar-refractivity contribution in [2.45, 2.75) is 18.9 Å². The Morgan fingerprint density at radius 1 is 1.08 bits per heavy atom. The van der Waals surface area contributed by atoms with Crippen LogP contribution in [0.4, 0.5) is 4.79 Å². The lowest BCUT2D eigenvalue weighted by atomic mass is 10.0. The number of para-hydroxylation sites is 2. The summed E-state index contributed by atoms with van der Waals surface area (Å²) in [7, 11) is 0. The van der Waals surface area contributed by atoms with Crippen molar-refractivity contribution in [1.29, 1.82) is 0 Å². The number of nitrogens with one attached hydrogen (secondary N) is 1. The highest BCUT2D eigenvalue weighted by Gasteiger charge is 2.26. The molecule has 1 unspecified atom stereocenters. The molecular formula is C18H16N2O4. The quantitative estimate of drug-likeness (QED) is 0.679. The Kier molecular flexibility index (Phi) is 4.56. The first-order valence-electron chi connectivity index (χ1n) is 7.56. The molecular weight excluding hydrogens is 308 g/mol. The van der Waals surface area contributed by atoms with Gasteiger partial charge in [-0.15, -0.1) is 0 Å². The molecule has 2 aromatic carbocycles. The number of carbonyl (C=O) groups is 2. The molecule has 1 heterocycles. The standard InChI is InChI=1S/C18H16N2O4/c21-16(17-19-13-8-4-5-9-15(13)24-17)14(20-18(22)23)11-10-12-6-2-1-3-7-12/h1-9,14,20H,10-11H2,(H,22,23). The molecule has 0 aliphatic heterocycles. The number of oxazole rings is 1. The van der Waals surface area contributed by atoms with Gasteiger partial charge in [-0.25, -0.2) is 9.78 Å². The number of amides is 1. The van der Waals surface area contributed by atoms with Gasteiger partial charge in [-0.1, -0.05) is 42.5 Å². The third kappa shape index (κ3) is 3.60. The molecule has 0 fully saturated rings. The molecule has 6 nitrogen and oxygen atoms in total. The molecule has 6 heteroatoms. The number of benzene rings is 2. The number of carboxylic acid groups (broad SMARTS) is 1. The van der Waals surface area contributed by atoms with Gasteiger partial charge < -0.3 is 14.8 Å². The van der Waals surface area contributed by atoms with Crippen molar-refractivity contribution >= 4 is 23.0 Å². The zero-order valence-corrected chi connectivity index (χ0v) is 12.8. The normalized spacial score (nSPS) is 12.0. The van der Waals surface area contributed by atoms with E-state index in [9.17, 15) is 9.59 Å². The van der Waals surface area contributed by atoms with Gasteiger partial charge in [0, 0.05) is 0 Å². The number of ketones is 1. The number of carbonyl (C=O) groups excluding carboxylic acids is 1. The van der Waals surface area contributed by atoms with Crippen LogP contribution in [0.25, 0.3) is 11.1 Å². The fraction of sp³-hybridized carbons (Fsp3) is 0.167. The molecule has 122 valence electrons. The van der Waals surface area contributed by atoms with Crippen molar-refractivity contribution in [2.75, 3.05) is 0 Å². The van der Waals surface area contributed by atoms with E-state index in [0.717, 1.165) is 5.56 Å². The van der Waals surface area contributed by atoms with E-state index in [4.69, 9.17) is 9.52 Å². The van der Waals surface area contributed by atoms with Gasteiger partial charge in [0.15, 0.2) is 5.58 Å². The highest BCUT2D eigenvalue weighted by molar-refractivity contribution is 5.99. The van der Waals surface area contributed by atoms with E-state index >= 15 is 0 Å². The first-order chi connectivity index (χ1) is 11.6. The average molecular weight is 324 g/mol. The van der Waals surface area contributed by atoms with Crippen LogP contribution < -0.4 is 5.32 Å². The van der Waals surface area contributed by atoms with Gasteiger partial charge in [-0.05, 0) is 30.5 Å². The van der Waals surface area contributed by atoms with Gasteiger partial charge in [-0.3, -0.25) is 4.79 Å². The first-order valence-corrected chi connectivity index (χ1v) is 7.56. The second kappa shape index (κ2) is 6.95. The molecule has 2 N–H and O–H groups in total. The summed E-state index contributed by atoms with van der Waals surface area (Å²) in [6.07, 6.45) is -0.358. The number of Topliss-reactive ketones (excluding diaryl/α,β-unsaturated/α-hetero) is 1. The molecule has 0 aliphatic carbocycles. The number of aryl methyl sites for hydroxylation is 1. The molecule has 0 spiro atoms. The smallest absolute Gasteiger partial charge is 0.405 e. The Morgan fingerprint density at radius 2 is 1.79 bits per heavy atom. The molecule has 3 rings (SSSR count). The molecule has 1 aromatic heterocycles. The van der Waals surface area contributed by atoms with Crippen LogP contribution in [-0.4, -0.2) is 28.0 Å². The second-order valence-corrected chi connectivity index (χ2v) is 5.38. The number of fused-ring (bicyclic) bond motifs is 1. The fourth-order valence-electron chi connectivity index (χ4n) is 2.50. The van der Waals surface area contributed by atoms with E-state index < -0.39 is 17.9 Å². The van der Waals surface area contributed by atoms with E-state index in [0.29, 0.717) is 23.9 Å². The lowest BCUT2D eigenvalue weighted by Crippen LogP contribution is -2.40. The van der Waals surface area contributed by atoms with Gasteiger partial charge in [-0.2, -0.15) is 0 Å². The van der Waals surface area contributed by atoms with Crippen molar-refractivity contribution in [3.05, 3.63) is 66.1 Å². The molecule has 0 radical (unpaired) electrons. The highest BCUT2D eigenvalue weighted by Crippen LogP contribution is 2.17. The lowest BCUT2D eigenvalue weighted by Gasteiger charge is -2.13. The van der Waals surface area contributed by atoms with E-state index in [-0.39, 0.29) is 5.89 Å². The Bertz CT molecular complexity index is 825. The summed E-state index contributed by atoms with van der Waals surface area (Å²) in [5.41, 5.74) is 2.09. The predicted octanol–water partition coefficient (Wildman–Crippen LogP) is 3.28.